The van der Waals surface area contributed by atoms with Gasteiger partial charge in [0, 0.05) is 30.7 Å². The van der Waals surface area contributed by atoms with Crippen LogP contribution in [0.5, 0.6) is 5.75 Å². The van der Waals surface area contributed by atoms with Gasteiger partial charge in [-0.15, -0.1) is 22.7 Å². The van der Waals surface area contributed by atoms with Crippen LogP contribution in [0.2, 0.25) is 0 Å². The average Bonchev–Trinajstić information content (AvgIpc) is 3.10. The Morgan fingerprint density at radius 2 is 2.15 bits per heavy atom. The van der Waals surface area contributed by atoms with Crippen molar-refractivity contribution in [2.45, 2.75) is 12.5 Å². The fourth-order valence-corrected chi connectivity index (χ4v) is 5.28. The first-order chi connectivity index (χ1) is 9.72. The number of benzene rings is 1. The summed E-state index contributed by atoms with van der Waals surface area (Å²) in [5.41, 5.74) is 8.83. The normalized spacial score (nSPS) is 15.3. The van der Waals surface area contributed by atoms with Crippen molar-refractivity contribution in [1.82, 2.24) is 0 Å². The van der Waals surface area contributed by atoms with Gasteiger partial charge in [0.15, 0.2) is 0 Å². The molecule has 1 aliphatic rings. The van der Waals surface area contributed by atoms with Crippen LogP contribution in [-0.4, -0.2) is 6.61 Å². The lowest BCUT2D eigenvalue weighted by Gasteiger charge is -2.15. The van der Waals surface area contributed by atoms with Gasteiger partial charge >= 0.3 is 0 Å². The van der Waals surface area contributed by atoms with Crippen molar-refractivity contribution in [3.8, 4) is 5.75 Å². The molecule has 1 atom stereocenters. The first kappa shape index (κ1) is 12.8. The number of hydrogen-bond donors (Lipinski definition) is 1. The first-order valence-electron chi connectivity index (χ1n) is 6.40. The minimum atomic E-state index is -0.121. The predicted molar refractivity (Wildman–Crippen MR) is 89.1 cm³/mol. The summed E-state index contributed by atoms with van der Waals surface area (Å²) in [6.45, 7) is 0.755. The van der Waals surface area contributed by atoms with Crippen LogP contribution < -0.4 is 10.5 Å². The molecule has 0 amide bonds. The Kier molecular flexibility index (Phi) is 3.11. The summed E-state index contributed by atoms with van der Waals surface area (Å²) >= 11 is 7.11. The van der Waals surface area contributed by atoms with Gasteiger partial charge in [-0.25, -0.2) is 0 Å². The summed E-state index contributed by atoms with van der Waals surface area (Å²) < 4.78 is 9.49. The molecule has 0 bridgehead atoms. The van der Waals surface area contributed by atoms with E-state index in [9.17, 15) is 0 Å². The zero-order valence-electron chi connectivity index (χ0n) is 10.6. The predicted octanol–water partition coefficient (Wildman–Crippen LogP) is 4.71. The van der Waals surface area contributed by atoms with E-state index < -0.39 is 0 Å². The number of rotatable bonds is 2. The van der Waals surface area contributed by atoms with E-state index >= 15 is 0 Å². The van der Waals surface area contributed by atoms with E-state index in [0.717, 1.165) is 28.8 Å². The Labute approximate surface area is 133 Å². The minimum absolute atomic E-state index is 0.121. The molecule has 2 N–H and O–H groups in total. The Morgan fingerprint density at radius 1 is 1.25 bits per heavy atom. The Bertz CT molecular complexity index is 764. The van der Waals surface area contributed by atoms with Crippen LogP contribution in [0.25, 0.3) is 9.40 Å². The maximum absolute atomic E-state index is 6.50. The molecule has 0 spiro atoms. The third kappa shape index (κ3) is 2.00. The highest BCUT2D eigenvalue weighted by Gasteiger charge is 2.23. The van der Waals surface area contributed by atoms with E-state index in [0.29, 0.717) is 0 Å². The third-order valence-corrected chi connectivity index (χ3v) is 6.21. The molecule has 20 heavy (non-hydrogen) atoms. The van der Waals surface area contributed by atoms with Gasteiger partial charge in [0.25, 0.3) is 0 Å². The summed E-state index contributed by atoms with van der Waals surface area (Å²) in [5, 5.41) is 2.12. The van der Waals surface area contributed by atoms with Crippen LogP contribution >= 0.6 is 38.6 Å². The van der Waals surface area contributed by atoms with Gasteiger partial charge in [-0.3, -0.25) is 0 Å². The maximum Gasteiger partial charge on any atom is 0.127 e. The van der Waals surface area contributed by atoms with Crippen molar-refractivity contribution in [1.29, 1.82) is 0 Å². The average molecular weight is 366 g/mol. The van der Waals surface area contributed by atoms with Crippen molar-refractivity contribution in [3.63, 3.8) is 0 Å². The molecule has 0 aliphatic carbocycles. The van der Waals surface area contributed by atoms with Crippen LogP contribution in [0.1, 0.15) is 22.0 Å². The molecule has 1 unspecified atom stereocenters. The van der Waals surface area contributed by atoms with Crippen molar-refractivity contribution in [3.05, 3.63) is 50.1 Å². The highest BCUT2D eigenvalue weighted by Crippen LogP contribution is 2.41. The summed E-state index contributed by atoms with van der Waals surface area (Å²) in [6.07, 6.45) is 0.966. The standard InChI is InChI=1S/C15H12BrNOS2/c16-9-5-8-1-3-18-15(8)10(6-9)14(17)13-7-12-11(20-13)2-4-19-12/h2,4-7,14H,1,3,17H2. The molecule has 3 aromatic rings. The largest absolute Gasteiger partial charge is 0.493 e. The van der Waals surface area contributed by atoms with Crippen LogP contribution in [-0.2, 0) is 6.42 Å². The quantitative estimate of drug-likeness (QED) is 0.713. The monoisotopic (exact) mass is 365 g/mol. The van der Waals surface area contributed by atoms with Gasteiger partial charge in [0.1, 0.15) is 5.75 Å². The molecule has 0 fully saturated rings. The van der Waals surface area contributed by atoms with E-state index in [-0.39, 0.29) is 6.04 Å². The lowest BCUT2D eigenvalue weighted by molar-refractivity contribution is 0.352. The Balaban J connectivity index is 1.82. The molecule has 1 aliphatic heterocycles. The van der Waals surface area contributed by atoms with Gasteiger partial charge in [-0.1, -0.05) is 15.9 Å². The van der Waals surface area contributed by atoms with Crippen LogP contribution in [0.4, 0.5) is 0 Å². The number of nitrogens with two attached hydrogens (primary N) is 1. The van der Waals surface area contributed by atoms with Crippen molar-refractivity contribution < 1.29 is 4.74 Å². The fraction of sp³-hybridized carbons (Fsp3) is 0.200. The molecule has 0 radical (unpaired) electrons. The molecule has 4 rings (SSSR count). The molecule has 2 aromatic heterocycles. The number of fused-ring (bicyclic) bond motifs is 2. The van der Waals surface area contributed by atoms with Gasteiger partial charge < -0.3 is 10.5 Å². The summed E-state index contributed by atoms with van der Waals surface area (Å²) in [5.74, 6) is 0.984. The van der Waals surface area contributed by atoms with E-state index in [1.807, 2.05) is 0 Å². The van der Waals surface area contributed by atoms with Crippen molar-refractivity contribution in [2.75, 3.05) is 6.61 Å². The van der Waals surface area contributed by atoms with Gasteiger partial charge in [-0.05, 0) is 35.2 Å². The smallest absolute Gasteiger partial charge is 0.127 e. The maximum atomic E-state index is 6.50. The molecule has 5 heteroatoms. The molecular formula is C15H12BrNOS2. The van der Waals surface area contributed by atoms with E-state index in [1.165, 1.54) is 19.8 Å². The zero-order valence-corrected chi connectivity index (χ0v) is 13.8. The number of halogens is 1. The summed E-state index contributed by atoms with van der Waals surface area (Å²) in [7, 11) is 0. The Morgan fingerprint density at radius 3 is 3.00 bits per heavy atom. The van der Waals surface area contributed by atoms with Gasteiger partial charge in [0.2, 0.25) is 0 Å². The SMILES string of the molecule is NC(c1cc2sccc2s1)c1cc(Br)cc2c1OCC2. The van der Waals surface area contributed by atoms with E-state index in [2.05, 4.69) is 45.6 Å². The van der Waals surface area contributed by atoms with Crippen LogP contribution in [0.15, 0.2) is 34.1 Å². The Hall–Kier alpha value is -0.880. The molecule has 3 heterocycles. The molecule has 102 valence electrons. The van der Waals surface area contributed by atoms with Crippen molar-refractivity contribution in [2.24, 2.45) is 5.73 Å². The number of ether oxygens (including phenoxy) is 1. The highest BCUT2D eigenvalue weighted by molar-refractivity contribution is 9.10. The molecule has 1 aromatic carbocycles. The second kappa shape index (κ2) is 4.84. The summed E-state index contributed by atoms with van der Waals surface area (Å²) in [4.78, 5) is 1.20. The molecule has 0 saturated heterocycles. The summed E-state index contributed by atoms with van der Waals surface area (Å²) in [6, 6.07) is 8.46. The third-order valence-electron chi connectivity index (χ3n) is 3.58. The minimum Gasteiger partial charge on any atom is -0.493 e. The van der Waals surface area contributed by atoms with Gasteiger partial charge in [-0.2, -0.15) is 0 Å². The number of thiophene rings is 2. The zero-order chi connectivity index (χ0) is 13.7. The van der Waals surface area contributed by atoms with Crippen LogP contribution in [0.3, 0.4) is 0 Å². The molecular weight excluding hydrogens is 354 g/mol. The van der Waals surface area contributed by atoms with Crippen molar-refractivity contribution >= 4 is 48.0 Å². The fourth-order valence-electron chi connectivity index (χ4n) is 2.62. The lowest BCUT2D eigenvalue weighted by Crippen LogP contribution is -2.11. The van der Waals surface area contributed by atoms with E-state index in [4.69, 9.17) is 10.5 Å². The topological polar surface area (TPSA) is 35.2 Å². The second-order valence-corrected chi connectivity index (χ2v) is 7.84. The van der Waals surface area contributed by atoms with Crippen LogP contribution in [0, 0.1) is 0 Å². The lowest BCUT2D eigenvalue weighted by atomic mass is 10.0. The highest BCUT2D eigenvalue weighted by atomic mass is 79.9. The molecule has 0 saturated carbocycles. The first-order valence-corrected chi connectivity index (χ1v) is 8.89. The molecule has 2 nitrogen and oxygen atoms in total. The second-order valence-electron chi connectivity index (χ2n) is 4.86. The van der Waals surface area contributed by atoms with E-state index in [1.54, 1.807) is 22.7 Å². The van der Waals surface area contributed by atoms with Gasteiger partial charge in [0.05, 0.1) is 12.6 Å². The number of hydrogen-bond acceptors (Lipinski definition) is 4.